The SMILES string of the molecule is C=C(N)Nc1c2c(c(Cl)c3c1CCC3)CCC2. The molecule has 2 aliphatic carbocycles. The van der Waals surface area contributed by atoms with Gasteiger partial charge in [-0.25, -0.2) is 0 Å². The smallest absolute Gasteiger partial charge is 0.0930 e. The summed E-state index contributed by atoms with van der Waals surface area (Å²) in [5.41, 5.74) is 12.4. The zero-order valence-electron chi connectivity index (χ0n) is 9.91. The first-order valence-corrected chi connectivity index (χ1v) is 6.62. The first kappa shape index (κ1) is 11.0. The summed E-state index contributed by atoms with van der Waals surface area (Å²) in [6.07, 6.45) is 6.82. The third kappa shape index (κ3) is 1.62. The lowest BCUT2D eigenvalue weighted by molar-refractivity contribution is 0.898. The van der Waals surface area contributed by atoms with Gasteiger partial charge in [-0.1, -0.05) is 18.2 Å². The minimum atomic E-state index is 0.524. The van der Waals surface area contributed by atoms with Crippen molar-refractivity contribution in [3.05, 3.63) is 39.7 Å². The highest BCUT2D eigenvalue weighted by molar-refractivity contribution is 6.32. The van der Waals surface area contributed by atoms with Crippen LogP contribution in [0, 0.1) is 0 Å². The second kappa shape index (κ2) is 3.95. The molecule has 0 amide bonds. The van der Waals surface area contributed by atoms with Crippen molar-refractivity contribution in [1.82, 2.24) is 0 Å². The Balaban J connectivity index is 2.22. The largest absolute Gasteiger partial charge is 0.386 e. The molecule has 1 aromatic carbocycles. The molecule has 0 fully saturated rings. The maximum absolute atomic E-state index is 6.53. The van der Waals surface area contributed by atoms with Gasteiger partial charge in [0.2, 0.25) is 0 Å². The summed E-state index contributed by atoms with van der Waals surface area (Å²) in [6.45, 7) is 3.76. The molecule has 2 nitrogen and oxygen atoms in total. The average molecular weight is 249 g/mol. The molecule has 3 N–H and O–H groups in total. The van der Waals surface area contributed by atoms with Crippen LogP contribution in [0.2, 0.25) is 5.02 Å². The first-order valence-electron chi connectivity index (χ1n) is 6.25. The van der Waals surface area contributed by atoms with E-state index in [2.05, 4.69) is 11.9 Å². The molecule has 0 saturated carbocycles. The van der Waals surface area contributed by atoms with Gasteiger partial charge in [-0.3, -0.25) is 0 Å². The standard InChI is InChI=1S/C14H17ClN2/c1-8(16)17-14-11-6-2-4-9(11)13(15)10-5-3-7-12(10)14/h17H,1-7,16H2. The Morgan fingerprint density at radius 3 is 1.94 bits per heavy atom. The van der Waals surface area contributed by atoms with E-state index in [0.717, 1.165) is 30.7 Å². The van der Waals surface area contributed by atoms with E-state index in [9.17, 15) is 0 Å². The van der Waals surface area contributed by atoms with Crippen LogP contribution in [-0.2, 0) is 25.7 Å². The van der Waals surface area contributed by atoms with Gasteiger partial charge in [0.1, 0.15) is 0 Å². The molecule has 3 rings (SSSR count). The van der Waals surface area contributed by atoms with Gasteiger partial charge in [0, 0.05) is 10.7 Å². The molecule has 0 saturated heterocycles. The third-order valence-corrected chi connectivity index (χ3v) is 4.31. The van der Waals surface area contributed by atoms with E-state index in [4.69, 9.17) is 17.3 Å². The highest BCUT2D eigenvalue weighted by atomic mass is 35.5. The molecular formula is C14H17ClN2. The first-order chi connectivity index (χ1) is 8.18. The number of nitrogens with one attached hydrogen (secondary N) is 1. The molecule has 90 valence electrons. The van der Waals surface area contributed by atoms with Crippen LogP contribution in [0.3, 0.4) is 0 Å². The van der Waals surface area contributed by atoms with E-state index >= 15 is 0 Å². The van der Waals surface area contributed by atoms with Gasteiger partial charge in [-0.05, 0) is 60.8 Å². The molecule has 0 radical (unpaired) electrons. The summed E-state index contributed by atoms with van der Waals surface area (Å²) in [4.78, 5) is 0. The lowest BCUT2D eigenvalue weighted by Gasteiger charge is -2.18. The van der Waals surface area contributed by atoms with Gasteiger partial charge in [0.05, 0.1) is 5.82 Å². The summed E-state index contributed by atoms with van der Waals surface area (Å²) in [5.74, 6) is 0.524. The van der Waals surface area contributed by atoms with Gasteiger partial charge in [0.25, 0.3) is 0 Å². The van der Waals surface area contributed by atoms with Crippen molar-refractivity contribution in [3.63, 3.8) is 0 Å². The Kier molecular flexibility index (Phi) is 2.55. The number of rotatable bonds is 2. The minimum absolute atomic E-state index is 0.524. The predicted molar refractivity (Wildman–Crippen MR) is 72.5 cm³/mol. The van der Waals surface area contributed by atoms with E-state index in [-0.39, 0.29) is 0 Å². The maximum atomic E-state index is 6.53. The quantitative estimate of drug-likeness (QED) is 0.844. The van der Waals surface area contributed by atoms with Crippen LogP contribution in [0.4, 0.5) is 5.69 Å². The number of benzene rings is 1. The van der Waals surface area contributed by atoms with Crippen LogP contribution in [0.5, 0.6) is 0 Å². The summed E-state index contributed by atoms with van der Waals surface area (Å²) in [5, 5.41) is 4.28. The van der Waals surface area contributed by atoms with Gasteiger partial charge in [-0.2, -0.15) is 0 Å². The Bertz CT molecular complexity index is 470. The normalized spacial score (nSPS) is 16.8. The molecule has 0 atom stereocenters. The molecule has 2 aliphatic rings. The van der Waals surface area contributed by atoms with Crippen molar-refractivity contribution in [2.24, 2.45) is 5.73 Å². The van der Waals surface area contributed by atoms with Gasteiger partial charge < -0.3 is 11.1 Å². The number of hydrogen-bond acceptors (Lipinski definition) is 2. The summed E-state index contributed by atoms with van der Waals surface area (Å²) >= 11 is 6.53. The van der Waals surface area contributed by atoms with Crippen LogP contribution in [-0.4, -0.2) is 0 Å². The molecule has 3 heteroatoms. The highest BCUT2D eigenvalue weighted by Gasteiger charge is 2.27. The van der Waals surface area contributed by atoms with Gasteiger partial charge in [0.15, 0.2) is 0 Å². The molecule has 0 spiro atoms. The molecule has 0 aliphatic heterocycles. The fourth-order valence-electron chi connectivity index (χ4n) is 3.20. The van der Waals surface area contributed by atoms with Crippen molar-refractivity contribution in [2.75, 3.05) is 5.32 Å². The Labute approximate surface area is 107 Å². The molecule has 1 aromatic rings. The van der Waals surface area contributed by atoms with Crippen molar-refractivity contribution in [1.29, 1.82) is 0 Å². The van der Waals surface area contributed by atoms with Gasteiger partial charge in [-0.15, -0.1) is 0 Å². The van der Waals surface area contributed by atoms with Crippen LogP contribution in [0.15, 0.2) is 12.4 Å². The second-order valence-corrected chi connectivity index (χ2v) is 5.34. The molecule has 0 unspecified atom stereocenters. The topological polar surface area (TPSA) is 38.0 Å². The van der Waals surface area contributed by atoms with Crippen LogP contribution < -0.4 is 11.1 Å². The average Bonchev–Trinajstić information content (AvgIpc) is 2.92. The predicted octanol–water partition coefficient (Wildman–Crippen LogP) is 3.16. The minimum Gasteiger partial charge on any atom is -0.386 e. The number of hydrogen-bond donors (Lipinski definition) is 2. The van der Waals surface area contributed by atoms with Crippen molar-refractivity contribution in [2.45, 2.75) is 38.5 Å². The second-order valence-electron chi connectivity index (χ2n) is 4.96. The molecule has 0 aromatic heterocycles. The Morgan fingerprint density at radius 2 is 1.47 bits per heavy atom. The van der Waals surface area contributed by atoms with E-state index in [1.54, 1.807) is 0 Å². The molecular weight excluding hydrogens is 232 g/mol. The Hall–Kier alpha value is -1.15. The van der Waals surface area contributed by atoms with E-state index in [0.29, 0.717) is 5.82 Å². The van der Waals surface area contributed by atoms with Gasteiger partial charge >= 0.3 is 0 Å². The van der Waals surface area contributed by atoms with Crippen LogP contribution in [0.1, 0.15) is 35.1 Å². The fraction of sp³-hybridized carbons (Fsp3) is 0.429. The van der Waals surface area contributed by atoms with E-state index < -0.39 is 0 Å². The van der Waals surface area contributed by atoms with Crippen molar-refractivity contribution in [3.8, 4) is 0 Å². The third-order valence-electron chi connectivity index (χ3n) is 3.85. The Morgan fingerprint density at radius 1 is 1.00 bits per heavy atom. The number of nitrogens with two attached hydrogens (primary N) is 1. The number of halogens is 1. The lowest BCUT2D eigenvalue weighted by Crippen LogP contribution is -2.11. The summed E-state index contributed by atoms with van der Waals surface area (Å²) < 4.78 is 0. The van der Waals surface area contributed by atoms with Crippen LogP contribution in [0.25, 0.3) is 0 Å². The fourth-order valence-corrected chi connectivity index (χ4v) is 3.62. The summed E-state index contributed by atoms with van der Waals surface area (Å²) in [7, 11) is 0. The van der Waals surface area contributed by atoms with Crippen molar-refractivity contribution >= 4 is 17.3 Å². The molecule has 0 heterocycles. The maximum Gasteiger partial charge on any atom is 0.0930 e. The zero-order valence-corrected chi connectivity index (χ0v) is 10.7. The molecule has 17 heavy (non-hydrogen) atoms. The van der Waals surface area contributed by atoms with Crippen LogP contribution >= 0.6 is 11.6 Å². The zero-order chi connectivity index (χ0) is 12.0. The highest BCUT2D eigenvalue weighted by Crippen LogP contribution is 2.44. The summed E-state index contributed by atoms with van der Waals surface area (Å²) in [6, 6.07) is 0. The van der Waals surface area contributed by atoms with E-state index in [1.807, 2.05) is 0 Å². The molecule has 0 bridgehead atoms. The van der Waals surface area contributed by atoms with Crippen molar-refractivity contribution < 1.29 is 0 Å². The monoisotopic (exact) mass is 248 g/mol. The number of fused-ring (bicyclic) bond motifs is 2. The number of anilines is 1. The van der Waals surface area contributed by atoms with E-state index in [1.165, 1.54) is 40.8 Å². The lowest BCUT2D eigenvalue weighted by atomic mass is 9.98.